The van der Waals surface area contributed by atoms with Gasteiger partial charge in [0.25, 0.3) is 8.32 Å². The fraction of sp³-hybridized carbons (Fsp3) is 0.364. The average Bonchev–Trinajstić information content (AvgIpc) is 2.60. The van der Waals surface area contributed by atoms with Crippen molar-refractivity contribution in [3.8, 4) is 0 Å². The van der Waals surface area contributed by atoms with Crippen LogP contribution in [0.1, 0.15) is 34.1 Å². The number of hydrogen-bond acceptors (Lipinski definition) is 2. The first-order valence-electron chi connectivity index (χ1n) is 8.96. The fourth-order valence-corrected chi connectivity index (χ4v) is 8.12. The summed E-state index contributed by atoms with van der Waals surface area (Å²) in [5, 5.41) is 11.6. The smallest absolute Gasteiger partial charge is 0.261 e. The second-order valence-corrected chi connectivity index (χ2v) is 11.7. The van der Waals surface area contributed by atoms with Gasteiger partial charge in [-0.2, -0.15) is 0 Å². The van der Waals surface area contributed by atoms with Gasteiger partial charge in [0.1, 0.15) is 0 Å². The Morgan fingerprint density at radius 1 is 0.920 bits per heavy atom. The third-order valence-electron chi connectivity index (χ3n) is 4.53. The maximum absolute atomic E-state index is 8.98. The van der Waals surface area contributed by atoms with Crippen molar-refractivity contribution in [2.24, 2.45) is 0 Å². The lowest BCUT2D eigenvalue weighted by Crippen LogP contribution is -2.67. The molecule has 2 nitrogen and oxygen atoms in total. The Balaban J connectivity index is 2.55. The highest BCUT2D eigenvalue weighted by atomic mass is 28.4. The van der Waals surface area contributed by atoms with Crippen LogP contribution in [0.15, 0.2) is 72.8 Å². The first-order chi connectivity index (χ1) is 11.9. The lowest BCUT2D eigenvalue weighted by molar-refractivity contribution is 0.209. The van der Waals surface area contributed by atoms with Gasteiger partial charge in [-0.1, -0.05) is 93.6 Å². The monoisotopic (exact) mass is 354 g/mol. The highest BCUT2D eigenvalue weighted by molar-refractivity contribution is 6.99. The Labute approximate surface area is 153 Å². The number of rotatable bonds is 7. The molecule has 0 aliphatic rings. The molecule has 0 unspecified atom stereocenters. The standard InChI is InChI=1S/C22H30O2Si/c1-19(13-11-12-18-23)24-25(22(2,3)4,20-14-7-5-8-15-20)21-16-9-6-10-17-21/h5-12,14-17,19,23H,13,18H2,1-4H3/b12-11+/t19-/m0/s1. The predicted octanol–water partition coefficient (Wildman–Crippen LogP) is 3.89. The zero-order valence-corrected chi connectivity index (χ0v) is 16.8. The largest absolute Gasteiger partial charge is 0.404 e. The van der Waals surface area contributed by atoms with Gasteiger partial charge in [0.05, 0.1) is 6.61 Å². The Hall–Kier alpha value is -1.68. The minimum atomic E-state index is -2.47. The molecule has 0 bridgehead atoms. The van der Waals surface area contributed by atoms with E-state index in [1.165, 1.54) is 10.4 Å². The van der Waals surface area contributed by atoms with Gasteiger partial charge in [-0.3, -0.25) is 0 Å². The van der Waals surface area contributed by atoms with Crippen LogP contribution in [0, 0.1) is 0 Å². The molecule has 2 aromatic carbocycles. The SMILES string of the molecule is C[C@@H](C/C=C/CO)O[Si](c1ccccc1)(c1ccccc1)C(C)(C)C. The molecule has 1 N–H and O–H groups in total. The summed E-state index contributed by atoms with van der Waals surface area (Å²) in [6.07, 6.45) is 4.66. The van der Waals surface area contributed by atoms with Crippen LogP contribution in [0.5, 0.6) is 0 Å². The molecule has 25 heavy (non-hydrogen) atoms. The van der Waals surface area contributed by atoms with E-state index in [4.69, 9.17) is 9.53 Å². The van der Waals surface area contributed by atoms with Crippen LogP contribution in [0.25, 0.3) is 0 Å². The van der Waals surface area contributed by atoms with E-state index in [0.29, 0.717) is 0 Å². The molecule has 0 spiro atoms. The Morgan fingerprint density at radius 2 is 1.40 bits per heavy atom. The molecule has 0 heterocycles. The molecular weight excluding hydrogens is 324 g/mol. The quantitative estimate of drug-likeness (QED) is 0.604. The minimum absolute atomic E-state index is 0.00927. The summed E-state index contributed by atoms with van der Waals surface area (Å²) in [6, 6.07) is 21.4. The summed E-state index contributed by atoms with van der Waals surface area (Å²) in [7, 11) is -2.47. The van der Waals surface area contributed by atoms with E-state index in [0.717, 1.165) is 6.42 Å². The molecule has 0 radical (unpaired) electrons. The van der Waals surface area contributed by atoms with Crippen LogP contribution >= 0.6 is 0 Å². The highest BCUT2D eigenvalue weighted by Crippen LogP contribution is 2.37. The first kappa shape index (κ1) is 19.6. The summed E-state index contributed by atoms with van der Waals surface area (Å²) in [6.45, 7) is 9.06. The maximum atomic E-state index is 8.98. The van der Waals surface area contributed by atoms with Crippen LogP contribution in [0.4, 0.5) is 0 Å². The van der Waals surface area contributed by atoms with E-state index in [1.54, 1.807) is 6.08 Å². The number of benzene rings is 2. The van der Waals surface area contributed by atoms with Crippen molar-refractivity contribution in [2.45, 2.75) is 45.3 Å². The van der Waals surface area contributed by atoms with Gasteiger partial charge in [-0.05, 0) is 28.8 Å². The zero-order chi connectivity index (χ0) is 18.3. The summed E-state index contributed by atoms with van der Waals surface area (Å²) < 4.78 is 6.93. The molecule has 1 atom stereocenters. The highest BCUT2D eigenvalue weighted by Gasteiger charge is 2.50. The van der Waals surface area contributed by atoms with Gasteiger partial charge < -0.3 is 9.53 Å². The molecule has 0 aliphatic carbocycles. The molecule has 0 aliphatic heterocycles. The molecule has 0 saturated carbocycles. The van der Waals surface area contributed by atoms with Crippen molar-refractivity contribution in [3.63, 3.8) is 0 Å². The third kappa shape index (κ3) is 4.49. The molecule has 3 heteroatoms. The van der Waals surface area contributed by atoms with Crippen molar-refractivity contribution in [3.05, 3.63) is 72.8 Å². The van der Waals surface area contributed by atoms with Gasteiger partial charge >= 0.3 is 0 Å². The Kier molecular flexibility index (Phi) is 6.76. The summed E-state index contributed by atoms with van der Waals surface area (Å²) >= 11 is 0. The van der Waals surface area contributed by atoms with Crippen LogP contribution in [0.2, 0.25) is 5.04 Å². The second-order valence-electron chi connectivity index (χ2n) is 7.48. The van der Waals surface area contributed by atoms with Crippen molar-refractivity contribution in [2.75, 3.05) is 6.61 Å². The predicted molar refractivity (Wildman–Crippen MR) is 109 cm³/mol. The lowest BCUT2D eigenvalue weighted by atomic mass is 10.2. The van der Waals surface area contributed by atoms with Crippen molar-refractivity contribution in [1.82, 2.24) is 0 Å². The van der Waals surface area contributed by atoms with Gasteiger partial charge in [-0.15, -0.1) is 0 Å². The Bertz CT molecular complexity index is 620. The molecule has 2 aromatic rings. The molecule has 2 rings (SSSR count). The topological polar surface area (TPSA) is 29.5 Å². The van der Waals surface area contributed by atoms with E-state index in [1.807, 2.05) is 6.08 Å². The van der Waals surface area contributed by atoms with Gasteiger partial charge in [-0.25, -0.2) is 0 Å². The van der Waals surface area contributed by atoms with Crippen LogP contribution in [-0.4, -0.2) is 26.1 Å². The molecule has 0 aromatic heterocycles. The van der Waals surface area contributed by atoms with E-state index >= 15 is 0 Å². The lowest BCUT2D eigenvalue weighted by Gasteiger charge is -2.44. The average molecular weight is 355 g/mol. The minimum Gasteiger partial charge on any atom is -0.404 e. The normalized spacial score (nSPS) is 14.0. The van der Waals surface area contributed by atoms with Crippen LogP contribution < -0.4 is 10.4 Å². The summed E-state index contributed by atoms with van der Waals surface area (Å²) in [5.74, 6) is 0. The van der Waals surface area contributed by atoms with E-state index < -0.39 is 8.32 Å². The van der Waals surface area contributed by atoms with Crippen molar-refractivity contribution >= 4 is 18.7 Å². The van der Waals surface area contributed by atoms with Crippen molar-refractivity contribution in [1.29, 1.82) is 0 Å². The van der Waals surface area contributed by atoms with Gasteiger partial charge in [0.2, 0.25) is 0 Å². The summed E-state index contributed by atoms with van der Waals surface area (Å²) in [4.78, 5) is 0. The van der Waals surface area contributed by atoms with Gasteiger partial charge in [0, 0.05) is 6.10 Å². The maximum Gasteiger partial charge on any atom is 0.261 e. The molecular formula is C22H30O2Si. The number of aliphatic hydroxyl groups is 1. The Morgan fingerprint density at radius 3 is 1.80 bits per heavy atom. The van der Waals surface area contributed by atoms with Crippen LogP contribution in [0.3, 0.4) is 0 Å². The third-order valence-corrected chi connectivity index (χ3v) is 9.70. The number of aliphatic hydroxyl groups excluding tert-OH is 1. The van der Waals surface area contributed by atoms with E-state index in [-0.39, 0.29) is 17.7 Å². The first-order valence-corrected chi connectivity index (χ1v) is 10.9. The molecule has 0 amide bonds. The molecule has 0 fully saturated rings. The van der Waals surface area contributed by atoms with E-state index in [2.05, 4.69) is 88.4 Å². The summed E-state index contributed by atoms with van der Waals surface area (Å²) in [5.41, 5.74) is 0. The van der Waals surface area contributed by atoms with Crippen molar-refractivity contribution < 1.29 is 9.53 Å². The molecule has 134 valence electrons. The second kappa shape index (κ2) is 8.61. The van der Waals surface area contributed by atoms with E-state index in [9.17, 15) is 0 Å². The zero-order valence-electron chi connectivity index (χ0n) is 15.8. The van der Waals surface area contributed by atoms with Gasteiger partial charge in [0.15, 0.2) is 0 Å². The fourth-order valence-electron chi connectivity index (χ4n) is 3.40. The van der Waals surface area contributed by atoms with Crippen LogP contribution in [-0.2, 0) is 4.43 Å². The molecule has 0 saturated heterocycles. The number of hydrogen-bond donors (Lipinski definition) is 1.